The highest BCUT2D eigenvalue weighted by Crippen LogP contribution is 2.19. The van der Waals surface area contributed by atoms with Gasteiger partial charge in [0, 0.05) is 38.8 Å². The van der Waals surface area contributed by atoms with Gasteiger partial charge in [-0.15, -0.1) is 0 Å². The first-order chi connectivity index (χ1) is 13.6. The van der Waals surface area contributed by atoms with Gasteiger partial charge in [-0.1, -0.05) is 18.2 Å². The average molecular weight is 384 g/mol. The second kappa shape index (κ2) is 9.37. The number of methoxy groups -OCH3 is 2. The third kappa shape index (κ3) is 5.10. The smallest absolute Gasteiger partial charge is 0.246 e. The van der Waals surface area contributed by atoms with Gasteiger partial charge in [-0.25, -0.2) is 4.39 Å². The molecular weight excluding hydrogens is 359 g/mol. The number of ether oxygens (including phenoxy) is 2. The van der Waals surface area contributed by atoms with Crippen molar-refractivity contribution in [2.75, 3.05) is 40.4 Å². The van der Waals surface area contributed by atoms with E-state index in [0.29, 0.717) is 18.7 Å². The molecule has 148 valence electrons. The van der Waals surface area contributed by atoms with Crippen molar-refractivity contribution in [2.45, 2.75) is 6.54 Å². The van der Waals surface area contributed by atoms with Crippen molar-refractivity contribution in [1.29, 1.82) is 0 Å². The summed E-state index contributed by atoms with van der Waals surface area (Å²) in [5, 5.41) is 0. The maximum atomic E-state index is 13.7. The first-order valence-corrected chi connectivity index (χ1v) is 9.25. The molecule has 5 nitrogen and oxygen atoms in total. The number of carbonyl (C=O) groups is 1. The highest BCUT2D eigenvalue weighted by atomic mass is 19.1. The molecule has 2 aromatic rings. The van der Waals surface area contributed by atoms with Crippen LogP contribution in [0.25, 0.3) is 6.08 Å². The Labute approximate surface area is 165 Å². The van der Waals surface area contributed by atoms with Gasteiger partial charge in [0.1, 0.15) is 5.75 Å². The van der Waals surface area contributed by atoms with Crippen LogP contribution in [0.15, 0.2) is 48.5 Å². The van der Waals surface area contributed by atoms with Crippen LogP contribution >= 0.6 is 0 Å². The number of piperazine rings is 1. The summed E-state index contributed by atoms with van der Waals surface area (Å²) in [5.41, 5.74) is 1.85. The molecule has 1 saturated heterocycles. The summed E-state index contributed by atoms with van der Waals surface area (Å²) in [6.07, 6.45) is 3.13. The molecule has 28 heavy (non-hydrogen) atoms. The standard InChI is InChI=1S/C22H25FN2O3/c1-27-19-7-3-18(4-8-19)16-24-11-13-25(14-12-24)22(26)10-6-17-5-9-21(28-2)20(23)15-17/h3-10,15H,11-14,16H2,1-2H3/b10-6+. The molecule has 2 aromatic carbocycles. The van der Waals surface area contributed by atoms with E-state index in [1.54, 1.807) is 25.3 Å². The van der Waals surface area contributed by atoms with Crippen molar-refractivity contribution in [3.63, 3.8) is 0 Å². The largest absolute Gasteiger partial charge is 0.497 e. The minimum absolute atomic E-state index is 0.0553. The van der Waals surface area contributed by atoms with Crippen LogP contribution in [0.2, 0.25) is 0 Å². The first kappa shape index (κ1) is 19.9. The van der Waals surface area contributed by atoms with E-state index in [4.69, 9.17) is 9.47 Å². The fourth-order valence-corrected chi connectivity index (χ4v) is 3.17. The maximum Gasteiger partial charge on any atom is 0.246 e. The summed E-state index contributed by atoms with van der Waals surface area (Å²) in [6.45, 7) is 3.85. The molecule has 0 spiro atoms. The summed E-state index contributed by atoms with van der Waals surface area (Å²) < 4.78 is 23.8. The summed E-state index contributed by atoms with van der Waals surface area (Å²) in [7, 11) is 3.08. The van der Waals surface area contributed by atoms with Crippen molar-refractivity contribution in [3.8, 4) is 11.5 Å². The molecule has 1 heterocycles. The molecule has 3 rings (SSSR count). The van der Waals surface area contributed by atoms with E-state index in [-0.39, 0.29) is 11.7 Å². The Morgan fingerprint density at radius 2 is 1.75 bits per heavy atom. The van der Waals surface area contributed by atoms with Crippen molar-refractivity contribution in [2.24, 2.45) is 0 Å². The lowest BCUT2D eigenvalue weighted by Gasteiger charge is -2.34. The van der Waals surface area contributed by atoms with Crippen LogP contribution in [0.1, 0.15) is 11.1 Å². The normalized spacial score (nSPS) is 15.0. The van der Waals surface area contributed by atoms with Gasteiger partial charge in [0.05, 0.1) is 14.2 Å². The van der Waals surface area contributed by atoms with Crippen molar-refractivity contribution < 1.29 is 18.7 Å². The van der Waals surface area contributed by atoms with E-state index >= 15 is 0 Å². The van der Waals surface area contributed by atoms with Crippen LogP contribution in [0.3, 0.4) is 0 Å². The zero-order valence-corrected chi connectivity index (χ0v) is 16.2. The van der Waals surface area contributed by atoms with E-state index in [1.165, 1.54) is 24.8 Å². The number of hydrogen-bond donors (Lipinski definition) is 0. The molecule has 6 heteroatoms. The number of benzene rings is 2. The van der Waals surface area contributed by atoms with Gasteiger partial charge in [0.2, 0.25) is 5.91 Å². The summed E-state index contributed by atoms with van der Waals surface area (Å²) >= 11 is 0. The molecule has 0 radical (unpaired) electrons. The predicted molar refractivity (Wildman–Crippen MR) is 107 cm³/mol. The second-order valence-electron chi connectivity index (χ2n) is 6.68. The summed E-state index contributed by atoms with van der Waals surface area (Å²) in [5.74, 6) is 0.545. The number of halogens is 1. The zero-order valence-electron chi connectivity index (χ0n) is 16.2. The van der Waals surface area contributed by atoms with Crippen molar-refractivity contribution in [1.82, 2.24) is 9.80 Å². The van der Waals surface area contributed by atoms with E-state index in [1.807, 2.05) is 17.0 Å². The third-order valence-electron chi connectivity index (χ3n) is 4.84. The predicted octanol–water partition coefficient (Wildman–Crippen LogP) is 3.20. The Morgan fingerprint density at radius 1 is 1.04 bits per heavy atom. The van der Waals surface area contributed by atoms with Crippen LogP contribution in [0, 0.1) is 5.82 Å². The molecule has 0 aromatic heterocycles. The topological polar surface area (TPSA) is 42.0 Å². The van der Waals surface area contributed by atoms with E-state index in [9.17, 15) is 9.18 Å². The Bertz CT molecular complexity index is 828. The molecule has 1 aliphatic heterocycles. The monoisotopic (exact) mass is 384 g/mol. The van der Waals surface area contributed by atoms with Gasteiger partial charge in [-0.3, -0.25) is 9.69 Å². The number of amides is 1. The number of rotatable bonds is 6. The summed E-state index contributed by atoms with van der Waals surface area (Å²) in [6, 6.07) is 12.7. The minimum atomic E-state index is -0.441. The maximum absolute atomic E-state index is 13.7. The van der Waals surface area contributed by atoms with Crippen molar-refractivity contribution in [3.05, 3.63) is 65.5 Å². The third-order valence-corrected chi connectivity index (χ3v) is 4.84. The van der Waals surface area contributed by atoms with Gasteiger partial charge in [-0.05, 0) is 41.5 Å². The number of nitrogens with zero attached hydrogens (tertiary/aromatic N) is 2. The van der Waals surface area contributed by atoms with E-state index < -0.39 is 5.82 Å². The fraction of sp³-hybridized carbons (Fsp3) is 0.318. The molecule has 1 amide bonds. The second-order valence-corrected chi connectivity index (χ2v) is 6.68. The molecule has 0 aliphatic carbocycles. The molecule has 1 aliphatic rings. The molecule has 1 fully saturated rings. The first-order valence-electron chi connectivity index (χ1n) is 9.25. The Balaban J connectivity index is 1.49. The van der Waals surface area contributed by atoms with Gasteiger partial charge in [0.15, 0.2) is 11.6 Å². The SMILES string of the molecule is COc1ccc(CN2CCN(C(=O)/C=C/c3ccc(OC)c(F)c3)CC2)cc1. The molecule has 0 unspecified atom stereocenters. The Hall–Kier alpha value is -2.86. The van der Waals surface area contributed by atoms with Gasteiger partial charge < -0.3 is 14.4 Å². The van der Waals surface area contributed by atoms with E-state index in [2.05, 4.69) is 17.0 Å². The van der Waals surface area contributed by atoms with Crippen LogP contribution < -0.4 is 9.47 Å². The Morgan fingerprint density at radius 3 is 2.36 bits per heavy atom. The molecule has 0 bridgehead atoms. The Kier molecular flexibility index (Phi) is 6.66. The van der Waals surface area contributed by atoms with E-state index in [0.717, 1.165) is 25.4 Å². The van der Waals surface area contributed by atoms with Crippen LogP contribution in [-0.2, 0) is 11.3 Å². The highest BCUT2D eigenvalue weighted by Gasteiger charge is 2.19. The van der Waals surface area contributed by atoms with Gasteiger partial charge in [0.25, 0.3) is 0 Å². The zero-order chi connectivity index (χ0) is 19.9. The lowest BCUT2D eigenvalue weighted by Crippen LogP contribution is -2.47. The van der Waals surface area contributed by atoms with Gasteiger partial charge >= 0.3 is 0 Å². The molecule has 0 N–H and O–H groups in total. The van der Waals surface area contributed by atoms with Crippen LogP contribution in [0.5, 0.6) is 11.5 Å². The van der Waals surface area contributed by atoms with Crippen LogP contribution in [-0.4, -0.2) is 56.1 Å². The summed E-state index contributed by atoms with van der Waals surface area (Å²) in [4.78, 5) is 16.6. The molecule has 0 atom stereocenters. The van der Waals surface area contributed by atoms with Crippen molar-refractivity contribution >= 4 is 12.0 Å². The highest BCUT2D eigenvalue weighted by molar-refractivity contribution is 5.91. The van der Waals surface area contributed by atoms with Gasteiger partial charge in [-0.2, -0.15) is 0 Å². The minimum Gasteiger partial charge on any atom is -0.497 e. The number of carbonyl (C=O) groups excluding carboxylic acids is 1. The molecular formula is C22H25FN2O3. The number of hydrogen-bond acceptors (Lipinski definition) is 4. The molecule has 0 saturated carbocycles. The van der Waals surface area contributed by atoms with Crippen LogP contribution in [0.4, 0.5) is 4.39 Å². The fourth-order valence-electron chi connectivity index (χ4n) is 3.17. The average Bonchev–Trinajstić information content (AvgIpc) is 2.73. The lowest BCUT2D eigenvalue weighted by atomic mass is 10.1. The quantitative estimate of drug-likeness (QED) is 0.718. The lowest BCUT2D eigenvalue weighted by molar-refractivity contribution is -0.127.